The van der Waals surface area contributed by atoms with Gasteiger partial charge in [0, 0.05) is 0 Å². The third-order valence-electron chi connectivity index (χ3n) is 2.90. The number of carboxylic acid groups (broad SMARTS) is 1. The molecule has 0 aliphatic rings. The first kappa shape index (κ1) is 16.3. The van der Waals surface area contributed by atoms with Crippen molar-refractivity contribution in [2.45, 2.75) is 71.6 Å². The van der Waals surface area contributed by atoms with E-state index in [1.54, 1.807) is 0 Å². The fourth-order valence-corrected chi connectivity index (χ4v) is 1.87. The molecule has 0 saturated carbocycles. The standard InChI is InChI=1S/C14H28O3/c1-13(2)11-9-7-5-3-4-6-8-10-12-17-14(15)16/h13H,3-12H2,1-2H3,(H,15,16). The highest BCUT2D eigenvalue weighted by molar-refractivity contribution is 5.56. The Morgan fingerprint density at radius 2 is 1.41 bits per heavy atom. The average molecular weight is 244 g/mol. The van der Waals surface area contributed by atoms with Gasteiger partial charge in [-0.15, -0.1) is 0 Å². The van der Waals surface area contributed by atoms with Gasteiger partial charge in [-0.3, -0.25) is 0 Å². The van der Waals surface area contributed by atoms with Crippen molar-refractivity contribution in [1.29, 1.82) is 0 Å². The normalized spacial score (nSPS) is 10.8. The second-order valence-electron chi connectivity index (χ2n) is 5.13. The van der Waals surface area contributed by atoms with Crippen molar-refractivity contribution >= 4 is 6.16 Å². The molecule has 0 radical (unpaired) electrons. The smallest absolute Gasteiger partial charge is 0.450 e. The molecule has 3 nitrogen and oxygen atoms in total. The number of hydrogen-bond acceptors (Lipinski definition) is 2. The number of carbonyl (C=O) groups is 1. The van der Waals surface area contributed by atoms with Gasteiger partial charge in [-0.25, -0.2) is 4.79 Å². The van der Waals surface area contributed by atoms with Gasteiger partial charge in [0.05, 0.1) is 6.61 Å². The monoisotopic (exact) mass is 244 g/mol. The van der Waals surface area contributed by atoms with Gasteiger partial charge < -0.3 is 9.84 Å². The fraction of sp³-hybridized carbons (Fsp3) is 0.929. The largest absolute Gasteiger partial charge is 0.505 e. The predicted molar refractivity (Wildman–Crippen MR) is 70.4 cm³/mol. The van der Waals surface area contributed by atoms with Gasteiger partial charge in [0.15, 0.2) is 0 Å². The Labute approximate surface area is 106 Å². The Morgan fingerprint density at radius 1 is 0.941 bits per heavy atom. The summed E-state index contributed by atoms with van der Waals surface area (Å²) in [5.74, 6) is 0.837. The minimum absolute atomic E-state index is 0.351. The van der Waals surface area contributed by atoms with Gasteiger partial charge in [0.2, 0.25) is 0 Å². The lowest BCUT2D eigenvalue weighted by Gasteiger charge is -2.04. The fourth-order valence-electron chi connectivity index (χ4n) is 1.87. The van der Waals surface area contributed by atoms with Crippen molar-refractivity contribution in [1.82, 2.24) is 0 Å². The van der Waals surface area contributed by atoms with E-state index < -0.39 is 6.16 Å². The highest BCUT2D eigenvalue weighted by Crippen LogP contribution is 2.12. The van der Waals surface area contributed by atoms with E-state index in [9.17, 15) is 4.79 Å². The molecule has 0 rings (SSSR count). The highest BCUT2D eigenvalue weighted by Gasteiger charge is 1.97. The highest BCUT2D eigenvalue weighted by atomic mass is 16.7. The van der Waals surface area contributed by atoms with Gasteiger partial charge in [0.1, 0.15) is 0 Å². The second kappa shape index (κ2) is 11.7. The molecular formula is C14H28O3. The second-order valence-corrected chi connectivity index (χ2v) is 5.13. The zero-order chi connectivity index (χ0) is 12.9. The minimum atomic E-state index is -1.16. The van der Waals surface area contributed by atoms with Crippen LogP contribution in [0.5, 0.6) is 0 Å². The Kier molecular flexibility index (Phi) is 11.2. The Bertz CT molecular complexity index is 178. The molecule has 0 aromatic rings. The molecule has 17 heavy (non-hydrogen) atoms. The SMILES string of the molecule is CC(C)CCCCCCCCCCOC(=O)O. The number of ether oxygens (including phenoxy) is 1. The van der Waals surface area contributed by atoms with E-state index in [1.165, 1.54) is 44.9 Å². The summed E-state index contributed by atoms with van der Waals surface area (Å²) in [5, 5.41) is 8.25. The van der Waals surface area contributed by atoms with E-state index in [0.717, 1.165) is 18.8 Å². The summed E-state index contributed by atoms with van der Waals surface area (Å²) >= 11 is 0. The summed E-state index contributed by atoms with van der Waals surface area (Å²) in [6.07, 6.45) is 10.0. The zero-order valence-electron chi connectivity index (χ0n) is 11.4. The molecule has 0 aromatic carbocycles. The molecule has 3 heteroatoms. The van der Waals surface area contributed by atoms with Crippen LogP contribution in [0.1, 0.15) is 71.6 Å². The number of hydrogen-bond donors (Lipinski definition) is 1. The van der Waals surface area contributed by atoms with Crippen LogP contribution in [-0.4, -0.2) is 17.9 Å². The molecule has 0 fully saturated rings. The maximum atomic E-state index is 10.1. The molecule has 0 aromatic heterocycles. The Morgan fingerprint density at radius 3 is 1.88 bits per heavy atom. The predicted octanol–water partition coefficient (Wildman–Crippen LogP) is 4.85. The van der Waals surface area contributed by atoms with E-state index >= 15 is 0 Å². The minimum Gasteiger partial charge on any atom is -0.450 e. The first-order valence-corrected chi connectivity index (χ1v) is 6.98. The van der Waals surface area contributed by atoms with E-state index in [4.69, 9.17) is 5.11 Å². The van der Waals surface area contributed by atoms with Gasteiger partial charge in [-0.2, -0.15) is 0 Å². The third kappa shape index (κ3) is 15.3. The van der Waals surface area contributed by atoms with Crippen molar-refractivity contribution in [3.8, 4) is 0 Å². The van der Waals surface area contributed by atoms with E-state index in [2.05, 4.69) is 18.6 Å². The van der Waals surface area contributed by atoms with Crippen LogP contribution in [0.4, 0.5) is 4.79 Å². The van der Waals surface area contributed by atoms with Crippen LogP contribution in [0, 0.1) is 5.92 Å². The summed E-state index contributed by atoms with van der Waals surface area (Å²) in [5.41, 5.74) is 0. The van der Waals surface area contributed by atoms with Crippen LogP contribution in [0.25, 0.3) is 0 Å². The van der Waals surface area contributed by atoms with E-state index in [1.807, 2.05) is 0 Å². The first-order valence-electron chi connectivity index (χ1n) is 6.98. The van der Waals surface area contributed by atoms with Crippen LogP contribution in [0.3, 0.4) is 0 Å². The maximum absolute atomic E-state index is 10.1. The molecule has 0 bridgehead atoms. The van der Waals surface area contributed by atoms with Crippen molar-refractivity contribution < 1.29 is 14.6 Å². The molecular weight excluding hydrogens is 216 g/mol. The molecule has 0 atom stereocenters. The van der Waals surface area contributed by atoms with Crippen LogP contribution >= 0.6 is 0 Å². The Hall–Kier alpha value is -0.730. The van der Waals surface area contributed by atoms with Gasteiger partial charge in [-0.05, 0) is 12.3 Å². The Balaban J connectivity index is 2.96. The van der Waals surface area contributed by atoms with Gasteiger partial charge in [0.25, 0.3) is 0 Å². The first-order chi connectivity index (χ1) is 8.13. The van der Waals surface area contributed by atoms with Crippen LogP contribution < -0.4 is 0 Å². The molecule has 0 amide bonds. The maximum Gasteiger partial charge on any atom is 0.505 e. The molecule has 102 valence electrons. The van der Waals surface area contributed by atoms with Crippen molar-refractivity contribution in [3.05, 3.63) is 0 Å². The summed E-state index contributed by atoms with van der Waals surface area (Å²) in [6.45, 7) is 4.90. The van der Waals surface area contributed by atoms with Crippen LogP contribution in [0.2, 0.25) is 0 Å². The van der Waals surface area contributed by atoms with E-state index in [0.29, 0.717) is 6.61 Å². The third-order valence-corrected chi connectivity index (χ3v) is 2.90. The van der Waals surface area contributed by atoms with Crippen LogP contribution in [-0.2, 0) is 4.74 Å². The van der Waals surface area contributed by atoms with Crippen molar-refractivity contribution in [3.63, 3.8) is 0 Å². The van der Waals surface area contributed by atoms with Gasteiger partial charge in [-0.1, -0.05) is 65.2 Å². The lowest BCUT2D eigenvalue weighted by atomic mass is 10.0. The summed E-state index contributed by atoms with van der Waals surface area (Å²) in [4.78, 5) is 10.1. The number of rotatable bonds is 11. The lowest BCUT2D eigenvalue weighted by Crippen LogP contribution is -2.01. The molecule has 0 spiro atoms. The summed E-state index contributed by atoms with van der Waals surface area (Å²) < 4.78 is 4.44. The molecule has 0 unspecified atom stereocenters. The lowest BCUT2D eigenvalue weighted by molar-refractivity contribution is 0.0899. The molecule has 1 N–H and O–H groups in total. The van der Waals surface area contributed by atoms with Crippen molar-refractivity contribution in [2.24, 2.45) is 5.92 Å². The quantitative estimate of drug-likeness (QED) is 0.417. The van der Waals surface area contributed by atoms with Crippen molar-refractivity contribution in [2.75, 3.05) is 6.61 Å². The molecule has 0 heterocycles. The number of unbranched alkanes of at least 4 members (excludes halogenated alkanes) is 7. The molecule has 0 aliphatic heterocycles. The summed E-state index contributed by atoms with van der Waals surface area (Å²) in [6, 6.07) is 0. The van der Waals surface area contributed by atoms with Crippen LogP contribution in [0.15, 0.2) is 0 Å². The van der Waals surface area contributed by atoms with Gasteiger partial charge >= 0.3 is 6.16 Å². The zero-order valence-corrected chi connectivity index (χ0v) is 11.4. The topological polar surface area (TPSA) is 46.5 Å². The van der Waals surface area contributed by atoms with E-state index in [-0.39, 0.29) is 0 Å². The molecule has 0 saturated heterocycles. The molecule has 0 aliphatic carbocycles. The average Bonchev–Trinajstić information content (AvgIpc) is 2.25. The summed E-state index contributed by atoms with van der Waals surface area (Å²) in [7, 11) is 0.